The largest absolute Gasteiger partial charge is 0.380 e. The summed E-state index contributed by atoms with van der Waals surface area (Å²) < 4.78 is 10.4. The molecule has 1 heterocycles. The molecule has 1 saturated heterocycles. The second-order valence-corrected chi connectivity index (χ2v) is 2.81. The number of ether oxygens (including phenoxy) is 2. The molecule has 1 aliphatic rings. The molecular weight excluding hydrogens is 142 g/mol. The number of hydrogen-bond donors (Lipinski definition) is 0. The highest BCUT2D eigenvalue weighted by Crippen LogP contribution is 2.09. The fraction of sp³-hybridized carbons (Fsp3) is 1.00. The molecule has 0 unspecified atom stereocenters. The van der Waals surface area contributed by atoms with Gasteiger partial charge in [-0.2, -0.15) is 0 Å². The molecule has 3 heteroatoms. The van der Waals surface area contributed by atoms with Crippen LogP contribution in [0.2, 0.25) is 0 Å². The van der Waals surface area contributed by atoms with Crippen molar-refractivity contribution in [1.82, 2.24) is 4.90 Å². The van der Waals surface area contributed by atoms with Crippen LogP contribution in [0.3, 0.4) is 0 Å². The van der Waals surface area contributed by atoms with Gasteiger partial charge in [0, 0.05) is 33.4 Å². The molecule has 1 fully saturated rings. The molecule has 0 aromatic carbocycles. The molecule has 0 spiro atoms. The van der Waals surface area contributed by atoms with Crippen molar-refractivity contribution in [3.05, 3.63) is 0 Å². The minimum absolute atomic E-state index is 0.469. The summed E-state index contributed by atoms with van der Waals surface area (Å²) in [6.45, 7) is 6.89. The van der Waals surface area contributed by atoms with E-state index in [-0.39, 0.29) is 0 Å². The average molecular weight is 159 g/mol. The Morgan fingerprint density at radius 2 is 2.18 bits per heavy atom. The number of likely N-dealkylation sites (tertiary alicyclic amines) is 1. The first-order valence-corrected chi connectivity index (χ1v) is 4.19. The fourth-order valence-electron chi connectivity index (χ4n) is 1.19. The van der Waals surface area contributed by atoms with E-state index in [2.05, 4.69) is 4.90 Å². The van der Waals surface area contributed by atoms with Crippen LogP contribution >= 0.6 is 0 Å². The van der Waals surface area contributed by atoms with Crippen LogP contribution in [0.5, 0.6) is 0 Å². The molecule has 0 N–H and O–H groups in total. The first kappa shape index (κ1) is 8.97. The minimum Gasteiger partial charge on any atom is -0.380 e. The van der Waals surface area contributed by atoms with Crippen molar-refractivity contribution in [3.63, 3.8) is 0 Å². The maximum atomic E-state index is 5.23. The van der Waals surface area contributed by atoms with Gasteiger partial charge in [-0.05, 0) is 6.92 Å². The van der Waals surface area contributed by atoms with Gasteiger partial charge in [-0.3, -0.25) is 4.90 Å². The van der Waals surface area contributed by atoms with Crippen LogP contribution in [-0.2, 0) is 9.47 Å². The van der Waals surface area contributed by atoms with Crippen molar-refractivity contribution < 1.29 is 9.47 Å². The maximum Gasteiger partial charge on any atom is 0.0824 e. The van der Waals surface area contributed by atoms with Gasteiger partial charge in [0.2, 0.25) is 0 Å². The van der Waals surface area contributed by atoms with E-state index in [1.54, 1.807) is 7.11 Å². The molecule has 0 bridgehead atoms. The zero-order chi connectivity index (χ0) is 8.10. The van der Waals surface area contributed by atoms with Gasteiger partial charge in [0.25, 0.3) is 0 Å². The van der Waals surface area contributed by atoms with Crippen molar-refractivity contribution in [2.45, 2.75) is 13.0 Å². The minimum atomic E-state index is 0.469. The molecular formula is C8H17NO2. The number of rotatable bonds is 5. The molecule has 11 heavy (non-hydrogen) atoms. The SMILES string of the molecule is CCOCCN1CC(OC)C1. The van der Waals surface area contributed by atoms with Crippen LogP contribution in [0.25, 0.3) is 0 Å². The van der Waals surface area contributed by atoms with Gasteiger partial charge in [-0.1, -0.05) is 0 Å². The molecule has 0 atom stereocenters. The van der Waals surface area contributed by atoms with Gasteiger partial charge in [0.05, 0.1) is 12.7 Å². The average Bonchev–Trinajstić information content (AvgIpc) is 1.94. The molecule has 0 aliphatic carbocycles. The van der Waals surface area contributed by atoms with Crippen molar-refractivity contribution in [3.8, 4) is 0 Å². The molecule has 0 radical (unpaired) electrons. The summed E-state index contributed by atoms with van der Waals surface area (Å²) >= 11 is 0. The van der Waals surface area contributed by atoms with Crippen LogP contribution in [0, 0.1) is 0 Å². The van der Waals surface area contributed by atoms with Gasteiger partial charge >= 0.3 is 0 Å². The zero-order valence-electron chi connectivity index (χ0n) is 7.38. The lowest BCUT2D eigenvalue weighted by Gasteiger charge is -2.37. The molecule has 3 nitrogen and oxygen atoms in total. The van der Waals surface area contributed by atoms with Gasteiger partial charge < -0.3 is 9.47 Å². The van der Waals surface area contributed by atoms with Crippen LogP contribution in [-0.4, -0.2) is 51.0 Å². The monoisotopic (exact) mass is 159 g/mol. The lowest BCUT2D eigenvalue weighted by Crippen LogP contribution is -2.52. The fourth-order valence-corrected chi connectivity index (χ4v) is 1.19. The predicted molar refractivity (Wildman–Crippen MR) is 43.7 cm³/mol. The van der Waals surface area contributed by atoms with Crippen LogP contribution < -0.4 is 0 Å². The van der Waals surface area contributed by atoms with Crippen LogP contribution in [0.1, 0.15) is 6.92 Å². The normalized spacial score (nSPS) is 20.2. The van der Waals surface area contributed by atoms with Gasteiger partial charge in [-0.15, -0.1) is 0 Å². The third-order valence-corrected chi connectivity index (χ3v) is 2.01. The van der Waals surface area contributed by atoms with Crippen molar-refractivity contribution in [2.75, 3.05) is 40.0 Å². The molecule has 1 rings (SSSR count). The Balaban J connectivity index is 1.88. The number of nitrogens with zero attached hydrogens (tertiary/aromatic N) is 1. The van der Waals surface area contributed by atoms with E-state index in [1.807, 2.05) is 6.92 Å². The topological polar surface area (TPSA) is 21.7 Å². The standard InChI is InChI=1S/C8H17NO2/c1-3-11-5-4-9-6-8(7-9)10-2/h8H,3-7H2,1-2H3. The van der Waals surface area contributed by atoms with E-state index >= 15 is 0 Å². The summed E-state index contributed by atoms with van der Waals surface area (Å²) in [5.41, 5.74) is 0. The molecule has 1 aliphatic heterocycles. The van der Waals surface area contributed by atoms with E-state index in [0.29, 0.717) is 6.10 Å². The highest BCUT2D eigenvalue weighted by Gasteiger charge is 2.25. The van der Waals surface area contributed by atoms with E-state index < -0.39 is 0 Å². The van der Waals surface area contributed by atoms with Gasteiger partial charge in [0.1, 0.15) is 0 Å². The molecule has 66 valence electrons. The van der Waals surface area contributed by atoms with Crippen molar-refractivity contribution in [1.29, 1.82) is 0 Å². The highest BCUT2D eigenvalue weighted by atomic mass is 16.5. The third-order valence-electron chi connectivity index (χ3n) is 2.01. The maximum absolute atomic E-state index is 5.23. The second kappa shape index (κ2) is 4.70. The molecule has 0 aromatic rings. The Kier molecular flexibility index (Phi) is 3.83. The Morgan fingerprint density at radius 3 is 2.73 bits per heavy atom. The van der Waals surface area contributed by atoms with E-state index in [0.717, 1.165) is 32.8 Å². The molecule has 0 saturated carbocycles. The summed E-state index contributed by atoms with van der Waals surface area (Å²) in [5, 5.41) is 0. The summed E-state index contributed by atoms with van der Waals surface area (Å²) in [5.74, 6) is 0. The first-order valence-electron chi connectivity index (χ1n) is 4.19. The summed E-state index contributed by atoms with van der Waals surface area (Å²) in [7, 11) is 1.77. The quantitative estimate of drug-likeness (QED) is 0.540. The van der Waals surface area contributed by atoms with Gasteiger partial charge in [-0.25, -0.2) is 0 Å². The third kappa shape index (κ3) is 2.77. The van der Waals surface area contributed by atoms with E-state index in [1.165, 1.54) is 0 Å². The van der Waals surface area contributed by atoms with Crippen molar-refractivity contribution >= 4 is 0 Å². The Labute approximate surface area is 68.3 Å². The van der Waals surface area contributed by atoms with Gasteiger partial charge in [0.15, 0.2) is 0 Å². The van der Waals surface area contributed by atoms with Crippen LogP contribution in [0.4, 0.5) is 0 Å². The highest BCUT2D eigenvalue weighted by molar-refractivity contribution is 4.79. The number of methoxy groups -OCH3 is 1. The van der Waals surface area contributed by atoms with E-state index in [9.17, 15) is 0 Å². The lowest BCUT2D eigenvalue weighted by molar-refractivity contribution is -0.0394. The lowest BCUT2D eigenvalue weighted by atomic mass is 10.2. The van der Waals surface area contributed by atoms with Crippen LogP contribution in [0.15, 0.2) is 0 Å². The Hall–Kier alpha value is -0.120. The molecule has 0 aromatic heterocycles. The molecule has 0 amide bonds. The summed E-state index contributed by atoms with van der Waals surface area (Å²) in [6.07, 6.45) is 0.469. The number of hydrogen-bond acceptors (Lipinski definition) is 3. The summed E-state index contributed by atoms with van der Waals surface area (Å²) in [4.78, 5) is 2.34. The first-order chi connectivity index (χ1) is 5.36. The van der Waals surface area contributed by atoms with E-state index in [4.69, 9.17) is 9.47 Å². The Morgan fingerprint density at radius 1 is 1.45 bits per heavy atom. The Bertz CT molecular complexity index is 102. The summed E-state index contributed by atoms with van der Waals surface area (Å²) in [6, 6.07) is 0. The smallest absolute Gasteiger partial charge is 0.0824 e. The second-order valence-electron chi connectivity index (χ2n) is 2.81. The van der Waals surface area contributed by atoms with Crippen molar-refractivity contribution in [2.24, 2.45) is 0 Å². The predicted octanol–water partition coefficient (Wildman–Crippen LogP) is 0.353. The zero-order valence-corrected chi connectivity index (χ0v) is 7.38.